The molecule has 3 rings (SSSR count). The lowest BCUT2D eigenvalue weighted by Gasteiger charge is -2.23. The maximum Gasteiger partial charge on any atom is 0.220 e. The van der Waals surface area contributed by atoms with E-state index in [1.807, 2.05) is 0 Å². The first kappa shape index (κ1) is 19.4. The Morgan fingerprint density at radius 1 is 1.15 bits per heavy atom. The molecule has 4 heteroatoms. The molecule has 1 aliphatic carbocycles. The quantitative estimate of drug-likeness (QED) is 0.776. The average Bonchev–Trinajstić information content (AvgIpc) is 3.24. The van der Waals surface area contributed by atoms with Gasteiger partial charge in [0.15, 0.2) is 0 Å². The van der Waals surface area contributed by atoms with E-state index in [2.05, 4.69) is 59.5 Å². The summed E-state index contributed by atoms with van der Waals surface area (Å²) in [6.45, 7) is 4.02. The fourth-order valence-electron chi connectivity index (χ4n) is 4.66. The highest BCUT2D eigenvalue weighted by Crippen LogP contribution is 2.28. The molecule has 0 unspecified atom stereocenters. The van der Waals surface area contributed by atoms with Gasteiger partial charge in [-0.15, -0.1) is 0 Å². The van der Waals surface area contributed by atoms with Gasteiger partial charge in [0.05, 0.1) is 0 Å². The van der Waals surface area contributed by atoms with E-state index < -0.39 is 0 Å². The molecule has 0 aromatic heterocycles. The number of hydrogen-bond acceptors (Lipinski definition) is 3. The molecule has 1 aromatic carbocycles. The Balaban J connectivity index is 1.51. The minimum absolute atomic E-state index is 0.257. The zero-order chi connectivity index (χ0) is 18.4. The summed E-state index contributed by atoms with van der Waals surface area (Å²) in [5, 5.41) is 3.37. The van der Waals surface area contributed by atoms with E-state index in [-0.39, 0.29) is 11.9 Å². The van der Waals surface area contributed by atoms with E-state index in [9.17, 15) is 4.79 Å². The second-order valence-corrected chi connectivity index (χ2v) is 8.57. The Morgan fingerprint density at radius 2 is 1.88 bits per heavy atom. The highest BCUT2D eigenvalue weighted by molar-refractivity contribution is 5.76. The molecule has 1 heterocycles. The van der Waals surface area contributed by atoms with Gasteiger partial charge in [0, 0.05) is 44.6 Å². The maximum absolute atomic E-state index is 12.5. The van der Waals surface area contributed by atoms with Crippen LogP contribution in [-0.2, 0) is 11.3 Å². The molecule has 1 aliphatic heterocycles. The van der Waals surface area contributed by atoms with Gasteiger partial charge in [-0.2, -0.15) is 0 Å². The molecule has 1 amide bonds. The van der Waals surface area contributed by atoms with Gasteiger partial charge in [-0.25, -0.2) is 0 Å². The molecule has 2 atom stereocenters. The Morgan fingerprint density at radius 3 is 2.58 bits per heavy atom. The third kappa shape index (κ3) is 5.82. The van der Waals surface area contributed by atoms with Gasteiger partial charge in [-0.05, 0) is 32.0 Å². The summed E-state index contributed by atoms with van der Waals surface area (Å²) in [4.78, 5) is 17.2. The Bertz CT molecular complexity index is 554. The SMILES string of the molecule is CN(C)C[C@@H]1CN(Cc2ccccc2)C[C@H]1NC(=O)CCC1CCCC1. The summed E-state index contributed by atoms with van der Waals surface area (Å²) in [6, 6.07) is 10.9. The average molecular weight is 358 g/mol. The molecule has 1 aromatic rings. The summed E-state index contributed by atoms with van der Waals surface area (Å²) in [5.74, 6) is 1.55. The third-order valence-electron chi connectivity index (χ3n) is 5.97. The van der Waals surface area contributed by atoms with Crippen LogP contribution in [0.1, 0.15) is 44.1 Å². The molecular formula is C22H35N3O. The molecule has 1 saturated heterocycles. The van der Waals surface area contributed by atoms with Crippen molar-refractivity contribution in [2.75, 3.05) is 33.7 Å². The van der Waals surface area contributed by atoms with Crippen LogP contribution in [-0.4, -0.2) is 55.5 Å². The smallest absolute Gasteiger partial charge is 0.220 e. The van der Waals surface area contributed by atoms with Crippen LogP contribution in [0.2, 0.25) is 0 Å². The lowest BCUT2D eigenvalue weighted by atomic mass is 10.0. The molecule has 0 spiro atoms. The lowest BCUT2D eigenvalue weighted by Crippen LogP contribution is -2.43. The van der Waals surface area contributed by atoms with E-state index in [0.717, 1.165) is 38.5 Å². The molecule has 0 radical (unpaired) electrons. The summed E-state index contributed by atoms with van der Waals surface area (Å²) in [6.07, 6.45) is 7.14. The van der Waals surface area contributed by atoms with Crippen LogP contribution in [0.15, 0.2) is 30.3 Å². The van der Waals surface area contributed by atoms with Crippen molar-refractivity contribution in [2.45, 2.75) is 51.1 Å². The normalized spacial score (nSPS) is 24.4. The van der Waals surface area contributed by atoms with E-state index in [0.29, 0.717) is 12.3 Å². The number of benzene rings is 1. The number of carbonyl (C=O) groups excluding carboxylic acids is 1. The van der Waals surface area contributed by atoms with Gasteiger partial charge < -0.3 is 10.2 Å². The van der Waals surface area contributed by atoms with Gasteiger partial charge in [-0.3, -0.25) is 9.69 Å². The fourth-order valence-corrected chi connectivity index (χ4v) is 4.66. The predicted octanol–water partition coefficient (Wildman–Crippen LogP) is 3.14. The standard InChI is InChI=1S/C22H35N3O/c1-24(2)15-20-16-25(14-19-10-4-3-5-11-19)17-21(20)23-22(26)13-12-18-8-6-7-9-18/h3-5,10-11,18,20-21H,6-9,12-17H2,1-2H3,(H,23,26)/t20-,21-/m1/s1. The molecule has 1 saturated carbocycles. The predicted molar refractivity (Wildman–Crippen MR) is 107 cm³/mol. The first-order valence-electron chi connectivity index (χ1n) is 10.3. The van der Waals surface area contributed by atoms with Crippen LogP contribution in [0.3, 0.4) is 0 Å². The molecule has 144 valence electrons. The number of carbonyl (C=O) groups is 1. The molecular weight excluding hydrogens is 322 g/mol. The summed E-state index contributed by atoms with van der Waals surface area (Å²) in [7, 11) is 4.25. The topological polar surface area (TPSA) is 35.6 Å². The van der Waals surface area contributed by atoms with E-state index in [1.54, 1.807) is 0 Å². The third-order valence-corrected chi connectivity index (χ3v) is 5.97. The number of nitrogens with zero attached hydrogens (tertiary/aromatic N) is 2. The van der Waals surface area contributed by atoms with Gasteiger partial charge >= 0.3 is 0 Å². The fraction of sp³-hybridized carbons (Fsp3) is 0.682. The van der Waals surface area contributed by atoms with Crippen molar-refractivity contribution >= 4 is 5.91 Å². The van der Waals surface area contributed by atoms with Crippen molar-refractivity contribution in [3.8, 4) is 0 Å². The summed E-state index contributed by atoms with van der Waals surface area (Å²) in [5.41, 5.74) is 1.35. The van der Waals surface area contributed by atoms with E-state index in [4.69, 9.17) is 0 Å². The Labute approximate surface area is 158 Å². The molecule has 4 nitrogen and oxygen atoms in total. The van der Waals surface area contributed by atoms with Gasteiger partial charge in [-0.1, -0.05) is 56.0 Å². The van der Waals surface area contributed by atoms with Crippen LogP contribution >= 0.6 is 0 Å². The largest absolute Gasteiger partial charge is 0.352 e. The highest BCUT2D eigenvalue weighted by Gasteiger charge is 2.34. The monoisotopic (exact) mass is 357 g/mol. The second-order valence-electron chi connectivity index (χ2n) is 8.57. The van der Waals surface area contributed by atoms with E-state index >= 15 is 0 Å². The van der Waals surface area contributed by atoms with Crippen molar-refractivity contribution in [2.24, 2.45) is 11.8 Å². The number of rotatable bonds is 8. The minimum atomic E-state index is 0.257. The van der Waals surface area contributed by atoms with Crippen molar-refractivity contribution in [1.29, 1.82) is 0 Å². The second kappa shape index (κ2) is 9.52. The number of nitrogens with one attached hydrogen (secondary N) is 1. The molecule has 2 aliphatic rings. The highest BCUT2D eigenvalue weighted by atomic mass is 16.1. The van der Waals surface area contributed by atoms with Crippen molar-refractivity contribution in [3.63, 3.8) is 0 Å². The van der Waals surface area contributed by atoms with Gasteiger partial charge in [0.25, 0.3) is 0 Å². The van der Waals surface area contributed by atoms with Crippen LogP contribution in [0, 0.1) is 11.8 Å². The molecule has 26 heavy (non-hydrogen) atoms. The van der Waals surface area contributed by atoms with Crippen LogP contribution in [0.25, 0.3) is 0 Å². The molecule has 2 fully saturated rings. The zero-order valence-corrected chi connectivity index (χ0v) is 16.5. The first-order valence-corrected chi connectivity index (χ1v) is 10.3. The maximum atomic E-state index is 12.5. The Hall–Kier alpha value is -1.39. The Kier molecular flexibility index (Phi) is 7.09. The van der Waals surface area contributed by atoms with Crippen molar-refractivity contribution in [3.05, 3.63) is 35.9 Å². The summed E-state index contributed by atoms with van der Waals surface area (Å²) < 4.78 is 0. The molecule has 0 bridgehead atoms. The lowest BCUT2D eigenvalue weighted by molar-refractivity contribution is -0.122. The van der Waals surface area contributed by atoms with Crippen LogP contribution in [0.5, 0.6) is 0 Å². The molecule has 1 N–H and O–H groups in total. The first-order chi connectivity index (χ1) is 12.6. The summed E-state index contributed by atoms with van der Waals surface area (Å²) >= 11 is 0. The van der Waals surface area contributed by atoms with Crippen LogP contribution in [0.4, 0.5) is 0 Å². The van der Waals surface area contributed by atoms with Crippen molar-refractivity contribution < 1.29 is 4.79 Å². The zero-order valence-electron chi connectivity index (χ0n) is 16.5. The van der Waals surface area contributed by atoms with E-state index in [1.165, 1.54) is 31.2 Å². The number of amides is 1. The van der Waals surface area contributed by atoms with Crippen LogP contribution < -0.4 is 5.32 Å². The van der Waals surface area contributed by atoms with Gasteiger partial charge in [0.1, 0.15) is 0 Å². The minimum Gasteiger partial charge on any atom is -0.352 e. The van der Waals surface area contributed by atoms with Crippen molar-refractivity contribution in [1.82, 2.24) is 15.1 Å². The number of hydrogen-bond donors (Lipinski definition) is 1. The number of likely N-dealkylation sites (tertiary alicyclic amines) is 1. The van der Waals surface area contributed by atoms with Gasteiger partial charge in [0.2, 0.25) is 5.91 Å².